The van der Waals surface area contributed by atoms with E-state index in [9.17, 15) is 9.59 Å². The number of halogens is 2. The van der Waals surface area contributed by atoms with Gasteiger partial charge >= 0.3 is 11.9 Å². The topological polar surface area (TPSA) is 83.4 Å². The van der Waals surface area contributed by atoms with Gasteiger partial charge in [0.2, 0.25) is 5.90 Å². The molecule has 1 aliphatic rings. The summed E-state index contributed by atoms with van der Waals surface area (Å²) in [6.07, 6.45) is 1.52. The van der Waals surface area contributed by atoms with E-state index in [0.29, 0.717) is 11.1 Å². The smallest absolute Gasteiger partial charge is 0.363 e. The van der Waals surface area contributed by atoms with Crippen molar-refractivity contribution in [2.24, 2.45) is 4.99 Å². The molecule has 2 aromatic rings. The number of methoxy groups -OCH3 is 2. The average Bonchev–Trinajstić information content (AvgIpc) is 3.07. The minimum Gasteiger partial charge on any atom is -0.493 e. The number of carbonyl (C=O) groups excluding carboxylic acids is 2. The summed E-state index contributed by atoms with van der Waals surface area (Å²) in [4.78, 5) is 27.7. The van der Waals surface area contributed by atoms with Crippen molar-refractivity contribution < 1.29 is 28.5 Å². The first kappa shape index (κ1) is 20.9. The standard InChI is InChI=1S/C20H15BrClNO6/c1-26-16-9-11(7-14(22)18(16)28-10-17(24)27-2)8-15-20(25)29-19(23-15)12-3-5-13(21)6-4-12/h3-9H,10H2,1-2H3/b15-8-. The SMILES string of the molecule is COC(=O)COc1c(Cl)cc(/C=C2\N=C(c3ccc(Br)cc3)OC2=O)cc1OC. The normalized spacial score (nSPS) is 14.4. The number of ether oxygens (including phenoxy) is 4. The lowest BCUT2D eigenvalue weighted by Crippen LogP contribution is -2.13. The molecule has 3 rings (SSSR count). The summed E-state index contributed by atoms with van der Waals surface area (Å²) >= 11 is 9.61. The molecule has 0 bridgehead atoms. The van der Waals surface area contributed by atoms with E-state index in [1.54, 1.807) is 24.3 Å². The molecule has 0 saturated heterocycles. The summed E-state index contributed by atoms with van der Waals surface area (Å²) in [5, 5.41) is 0.198. The second kappa shape index (κ2) is 9.11. The fourth-order valence-corrected chi connectivity index (χ4v) is 2.97. The number of nitrogens with zero attached hydrogens (tertiary/aromatic N) is 1. The molecule has 1 heterocycles. The van der Waals surface area contributed by atoms with E-state index in [4.69, 9.17) is 25.8 Å². The predicted octanol–water partition coefficient (Wildman–Crippen LogP) is 4.01. The van der Waals surface area contributed by atoms with Gasteiger partial charge in [0.1, 0.15) is 0 Å². The van der Waals surface area contributed by atoms with Gasteiger partial charge in [-0.05, 0) is 48.0 Å². The van der Waals surface area contributed by atoms with Crippen LogP contribution in [0.5, 0.6) is 11.5 Å². The van der Waals surface area contributed by atoms with Crippen LogP contribution in [0.4, 0.5) is 0 Å². The van der Waals surface area contributed by atoms with Gasteiger partial charge in [-0.15, -0.1) is 0 Å². The largest absolute Gasteiger partial charge is 0.493 e. The van der Waals surface area contributed by atoms with Gasteiger partial charge in [-0.25, -0.2) is 14.6 Å². The number of rotatable bonds is 6. The maximum Gasteiger partial charge on any atom is 0.363 e. The molecule has 0 radical (unpaired) electrons. The highest BCUT2D eigenvalue weighted by Gasteiger charge is 2.24. The zero-order chi connectivity index (χ0) is 21.0. The van der Waals surface area contributed by atoms with Crippen LogP contribution in [0.25, 0.3) is 6.08 Å². The third kappa shape index (κ3) is 4.96. The quantitative estimate of drug-likeness (QED) is 0.459. The van der Waals surface area contributed by atoms with E-state index < -0.39 is 11.9 Å². The first-order chi connectivity index (χ1) is 13.9. The van der Waals surface area contributed by atoms with Crippen molar-refractivity contribution in [3.63, 3.8) is 0 Å². The Morgan fingerprint density at radius 2 is 1.97 bits per heavy atom. The van der Waals surface area contributed by atoms with Gasteiger partial charge in [0.05, 0.1) is 19.2 Å². The summed E-state index contributed by atoms with van der Waals surface area (Å²) < 4.78 is 21.3. The highest BCUT2D eigenvalue weighted by Crippen LogP contribution is 2.37. The van der Waals surface area contributed by atoms with E-state index >= 15 is 0 Å². The van der Waals surface area contributed by atoms with E-state index in [0.717, 1.165) is 4.47 Å². The molecule has 7 nitrogen and oxygen atoms in total. The molecule has 9 heteroatoms. The lowest BCUT2D eigenvalue weighted by molar-refractivity contribution is -0.143. The van der Waals surface area contributed by atoms with Crippen LogP contribution in [0.3, 0.4) is 0 Å². The number of esters is 2. The van der Waals surface area contributed by atoms with Crippen LogP contribution in [-0.2, 0) is 19.1 Å². The van der Waals surface area contributed by atoms with Gasteiger partial charge in [-0.2, -0.15) is 0 Å². The third-order valence-corrected chi connectivity index (χ3v) is 4.64. The molecule has 0 aliphatic carbocycles. The van der Waals surface area contributed by atoms with Crippen LogP contribution in [0.2, 0.25) is 5.02 Å². The van der Waals surface area contributed by atoms with Crippen molar-refractivity contribution >= 4 is 51.4 Å². The van der Waals surface area contributed by atoms with Gasteiger partial charge in [-0.3, -0.25) is 0 Å². The molecule has 0 atom stereocenters. The molecule has 0 unspecified atom stereocenters. The molecule has 150 valence electrons. The average molecular weight is 481 g/mol. The Bertz CT molecular complexity index is 1020. The fraction of sp³-hybridized carbons (Fsp3) is 0.150. The number of aliphatic imine (C=N–C) groups is 1. The molecule has 0 fully saturated rings. The highest BCUT2D eigenvalue weighted by molar-refractivity contribution is 9.10. The maximum absolute atomic E-state index is 12.2. The number of benzene rings is 2. The van der Waals surface area contributed by atoms with Crippen molar-refractivity contribution in [3.05, 3.63) is 62.7 Å². The van der Waals surface area contributed by atoms with Crippen LogP contribution in [-0.4, -0.2) is 38.7 Å². The Hall–Kier alpha value is -2.84. The summed E-state index contributed by atoms with van der Waals surface area (Å²) in [7, 11) is 2.69. The van der Waals surface area contributed by atoms with Crippen molar-refractivity contribution in [1.29, 1.82) is 0 Å². The fourth-order valence-electron chi connectivity index (χ4n) is 2.44. The van der Waals surface area contributed by atoms with E-state index in [1.165, 1.54) is 20.3 Å². The molecular weight excluding hydrogens is 466 g/mol. The van der Waals surface area contributed by atoms with Gasteiger partial charge in [-0.1, -0.05) is 27.5 Å². The third-order valence-electron chi connectivity index (χ3n) is 3.83. The first-order valence-electron chi connectivity index (χ1n) is 8.27. The van der Waals surface area contributed by atoms with Crippen LogP contribution < -0.4 is 9.47 Å². The lowest BCUT2D eigenvalue weighted by Gasteiger charge is -2.12. The summed E-state index contributed by atoms with van der Waals surface area (Å²) in [6.45, 7) is -0.319. The molecule has 0 amide bonds. The number of hydrogen-bond donors (Lipinski definition) is 0. The number of hydrogen-bond acceptors (Lipinski definition) is 7. The van der Waals surface area contributed by atoms with E-state index in [2.05, 4.69) is 25.7 Å². The zero-order valence-electron chi connectivity index (χ0n) is 15.4. The Morgan fingerprint density at radius 1 is 1.24 bits per heavy atom. The Balaban J connectivity index is 1.89. The van der Waals surface area contributed by atoms with Crippen molar-refractivity contribution in [2.45, 2.75) is 0 Å². The second-order valence-corrected chi connectivity index (χ2v) is 7.06. The van der Waals surface area contributed by atoms with Gasteiger partial charge in [0.25, 0.3) is 0 Å². The van der Waals surface area contributed by atoms with Crippen LogP contribution in [0.15, 0.2) is 51.6 Å². The summed E-state index contributed by atoms with van der Waals surface area (Å²) in [5.74, 6) is -0.446. The van der Waals surface area contributed by atoms with Crippen molar-refractivity contribution in [2.75, 3.05) is 20.8 Å². The van der Waals surface area contributed by atoms with E-state index in [-0.39, 0.29) is 34.7 Å². The van der Waals surface area contributed by atoms with Gasteiger partial charge in [0.15, 0.2) is 23.8 Å². The molecular formula is C20H15BrClNO6. The van der Waals surface area contributed by atoms with Crippen molar-refractivity contribution in [3.8, 4) is 11.5 Å². The second-order valence-electron chi connectivity index (χ2n) is 5.74. The molecule has 0 saturated carbocycles. The minimum absolute atomic E-state index is 0.115. The Labute approximate surface area is 180 Å². The van der Waals surface area contributed by atoms with Crippen LogP contribution in [0, 0.1) is 0 Å². The maximum atomic E-state index is 12.2. The molecule has 29 heavy (non-hydrogen) atoms. The molecule has 0 aromatic heterocycles. The molecule has 0 spiro atoms. The molecule has 0 N–H and O–H groups in total. The van der Waals surface area contributed by atoms with Crippen LogP contribution >= 0.6 is 27.5 Å². The monoisotopic (exact) mass is 479 g/mol. The Kier molecular flexibility index (Phi) is 6.56. The predicted molar refractivity (Wildman–Crippen MR) is 110 cm³/mol. The lowest BCUT2D eigenvalue weighted by atomic mass is 10.1. The van der Waals surface area contributed by atoms with Gasteiger partial charge < -0.3 is 18.9 Å². The number of cyclic esters (lactones) is 1. The van der Waals surface area contributed by atoms with Gasteiger partial charge in [0, 0.05) is 10.0 Å². The Morgan fingerprint density at radius 3 is 2.62 bits per heavy atom. The molecule has 1 aliphatic heterocycles. The summed E-state index contributed by atoms with van der Waals surface area (Å²) in [6, 6.07) is 10.4. The highest BCUT2D eigenvalue weighted by atomic mass is 79.9. The van der Waals surface area contributed by atoms with Crippen LogP contribution in [0.1, 0.15) is 11.1 Å². The van der Waals surface area contributed by atoms with Crippen molar-refractivity contribution in [1.82, 2.24) is 0 Å². The first-order valence-corrected chi connectivity index (χ1v) is 9.44. The molecule has 2 aromatic carbocycles. The van der Waals surface area contributed by atoms with E-state index in [1.807, 2.05) is 12.1 Å². The minimum atomic E-state index is -0.580. The zero-order valence-corrected chi connectivity index (χ0v) is 17.7. The number of carbonyl (C=O) groups is 2. The summed E-state index contributed by atoms with van der Waals surface area (Å²) in [5.41, 5.74) is 1.33.